The molecule has 0 aliphatic rings. The van der Waals surface area contributed by atoms with Gasteiger partial charge in [0.2, 0.25) is 0 Å². The quantitative estimate of drug-likeness (QED) is 0.0800. The third-order valence-electron chi connectivity index (χ3n) is 3.44. The molecular formula is C16H29Br3O2Si. The molecule has 0 aliphatic heterocycles. The maximum atomic E-state index is 11.2. The van der Waals surface area contributed by atoms with Crippen molar-refractivity contribution < 1.29 is 9.53 Å². The van der Waals surface area contributed by atoms with Gasteiger partial charge in [-0.15, -0.1) is 0 Å². The van der Waals surface area contributed by atoms with Gasteiger partial charge in [-0.2, -0.15) is 0 Å². The first-order valence-corrected chi connectivity index (χ1v) is 17.2. The number of esters is 1. The number of hydrogen-bond donors (Lipinski definition) is 0. The highest BCUT2D eigenvalue weighted by molar-refractivity contribution is 9.72. The van der Waals surface area contributed by atoms with Crippen molar-refractivity contribution in [1.82, 2.24) is 0 Å². The second-order valence-corrected chi connectivity index (χ2v) is 29.3. The van der Waals surface area contributed by atoms with Crippen LogP contribution in [0.1, 0.15) is 71.1 Å². The zero-order chi connectivity index (χ0) is 16.8. The van der Waals surface area contributed by atoms with Gasteiger partial charge in [-0.05, 0) is 19.4 Å². The molecule has 130 valence electrons. The smallest absolute Gasteiger partial charge is 0.333 e. The number of ether oxygens (including phenoxy) is 1. The molecule has 0 aromatic rings. The van der Waals surface area contributed by atoms with Crippen LogP contribution in [-0.4, -0.2) is 16.5 Å². The predicted molar refractivity (Wildman–Crippen MR) is 109 cm³/mol. The Kier molecular flexibility index (Phi) is 14.8. The maximum Gasteiger partial charge on any atom is 0.333 e. The topological polar surface area (TPSA) is 26.3 Å². The molecule has 0 rings (SSSR count). The number of unbranched alkanes of at least 4 members (excludes halogenated alkanes) is 9. The minimum absolute atomic E-state index is 0.264. The summed E-state index contributed by atoms with van der Waals surface area (Å²) in [7, 11) is 0. The van der Waals surface area contributed by atoms with Gasteiger partial charge in [0.25, 0.3) is 3.93 Å². The largest absolute Gasteiger partial charge is 0.462 e. The van der Waals surface area contributed by atoms with Crippen LogP contribution in [0.25, 0.3) is 0 Å². The maximum absolute atomic E-state index is 11.2. The molecule has 0 heterocycles. The Morgan fingerprint density at radius 2 is 1.27 bits per heavy atom. The highest BCUT2D eigenvalue weighted by atomic mass is 80.0. The standard InChI is InChI=1S/C16H29Br3O2Si/c1-15(2)16(20)21-13-11-9-7-5-3-4-6-8-10-12-14-22(17,18)19/h1,3-14H2,2H3. The molecule has 0 unspecified atom stereocenters. The van der Waals surface area contributed by atoms with Gasteiger partial charge in [0.1, 0.15) is 0 Å². The van der Waals surface area contributed by atoms with Crippen LogP contribution in [0.4, 0.5) is 0 Å². The van der Waals surface area contributed by atoms with Gasteiger partial charge in [0, 0.05) is 5.57 Å². The van der Waals surface area contributed by atoms with Crippen LogP contribution < -0.4 is 0 Å². The number of hydrogen-bond acceptors (Lipinski definition) is 2. The van der Waals surface area contributed by atoms with Crippen molar-refractivity contribution >= 4 is 55.8 Å². The fourth-order valence-corrected chi connectivity index (χ4v) is 5.30. The van der Waals surface area contributed by atoms with Crippen molar-refractivity contribution in [3.63, 3.8) is 0 Å². The third kappa shape index (κ3) is 17.2. The highest BCUT2D eigenvalue weighted by Crippen LogP contribution is 2.33. The van der Waals surface area contributed by atoms with E-state index >= 15 is 0 Å². The molecule has 0 bridgehead atoms. The lowest BCUT2D eigenvalue weighted by Gasteiger charge is -2.08. The molecule has 0 radical (unpaired) electrons. The fraction of sp³-hybridized carbons (Fsp3) is 0.812. The number of rotatable bonds is 14. The molecule has 0 aromatic heterocycles. The average molecular weight is 521 g/mol. The van der Waals surface area contributed by atoms with Crippen molar-refractivity contribution in [2.45, 2.75) is 77.2 Å². The first kappa shape index (κ1) is 22.9. The van der Waals surface area contributed by atoms with Crippen molar-refractivity contribution in [2.24, 2.45) is 0 Å². The van der Waals surface area contributed by atoms with Crippen LogP contribution in [0.2, 0.25) is 6.04 Å². The van der Waals surface area contributed by atoms with E-state index in [1.165, 1.54) is 57.4 Å². The van der Waals surface area contributed by atoms with E-state index < -0.39 is 3.93 Å². The lowest BCUT2D eigenvalue weighted by Crippen LogP contribution is -2.05. The molecule has 0 N–H and O–H groups in total. The second kappa shape index (κ2) is 14.2. The summed E-state index contributed by atoms with van der Waals surface area (Å²) in [6.45, 7) is 5.78. The Balaban J connectivity index is 3.15. The molecule has 0 atom stereocenters. The molecule has 0 saturated heterocycles. The lowest BCUT2D eigenvalue weighted by atomic mass is 10.1. The van der Waals surface area contributed by atoms with Crippen molar-refractivity contribution in [3.05, 3.63) is 12.2 Å². The molecule has 22 heavy (non-hydrogen) atoms. The zero-order valence-corrected chi connectivity index (χ0v) is 19.4. The normalized spacial score (nSPS) is 11.5. The van der Waals surface area contributed by atoms with Crippen LogP contribution >= 0.6 is 45.9 Å². The van der Waals surface area contributed by atoms with E-state index in [0.717, 1.165) is 12.8 Å². The summed E-state index contributed by atoms with van der Waals surface area (Å²) in [6.07, 6.45) is 12.7. The van der Waals surface area contributed by atoms with Crippen LogP contribution in [0.5, 0.6) is 0 Å². The van der Waals surface area contributed by atoms with Crippen molar-refractivity contribution in [2.75, 3.05) is 6.61 Å². The van der Waals surface area contributed by atoms with Crippen molar-refractivity contribution in [1.29, 1.82) is 0 Å². The van der Waals surface area contributed by atoms with E-state index in [0.29, 0.717) is 12.2 Å². The van der Waals surface area contributed by atoms with E-state index in [1.54, 1.807) is 6.92 Å². The van der Waals surface area contributed by atoms with E-state index in [2.05, 4.69) is 52.5 Å². The van der Waals surface area contributed by atoms with Gasteiger partial charge in [0.15, 0.2) is 0 Å². The van der Waals surface area contributed by atoms with E-state index in [-0.39, 0.29) is 5.97 Å². The van der Waals surface area contributed by atoms with Gasteiger partial charge < -0.3 is 4.74 Å². The van der Waals surface area contributed by atoms with Gasteiger partial charge in [-0.1, -0.05) is 110 Å². The lowest BCUT2D eigenvalue weighted by molar-refractivity contribution is -0.139. The third-order valence-corrected chi connectivity index (χ3v) is 7.93. The van der Waals surface area contributed by atoms with Crippen molar-refractivity contribution in [3.8, 4) is 0 Å². The Morgan fingerprint density at radius 1 is 0.864 bits per heavy atom. The Hall–Kier alpha value is 0.867. The van der Waals surface area contributed by atoms with Gasteiger partial charge in [-0.25, -0.2) is 4.79 Å². The van der Waals surface area contributed by atoms with Crippen LogP contribution in [0, 0.1) is 0 Å². The molecule has 0 fully saturated rings. The summed E-state index contributed by atoms with van der Waals surface area (Å²) in [5, 5.41) is 0. The fourth-order valence-electron chi connectivity index (χ4n) is 2.13. The summed E-state index contributed by atoms with van der Waals surface area (Å²) in [4.78, 5) is 11.2. The second-order valence-electron chi connectivity index (χ2n) is 5.82. The van der Waals surface area contributed by atoms with E-state index in [9.17, 15) is 4.79 Å². The number of carbonyl (C=O) groups is 1. The zero-order valence-electron chi connectivity index (χ0n) is 13.6. The Labute approximate surface area is 160 Å². The SMILES string of the molecule is C=C(C)C(=O)OCCCCCCCCCCCC[Si](Br)(Br)Br. The summed E-state index contributed by atoms with van der Waals surface area (Å²) < 4.78 is 3.70. The summed E-state index contributed by atoms with van der Waals surface area (Å²) in [5.41, 5.74) is 0.483. The average Bonchev–Trinajstić information content (AvgIpc) is 2.42. The predicted octanol–water partition coefficient (Wildman–Crippen LogP) is 7.13. The molecule has 0 spiro atoms. The minimum Gasteiger partial charge on any atom is -0.462 e. The van der Waals surface area contributed by atoms with Crippen LogP contribution in [0.15, 0.2) is 12.2 Å². The summed E-state index contributed by atoms with van der Waals surface area (Å²) in [6, 6.07) is 1.24. The molecule has 0 aliphatic carbocycles. The summed E-state index contributed by atoms with van der Waals surface area (Å²) >= 11 is 11.0. The number of carbonyl (C=O) groups excluding carboxylic acids is 1. The van der Waals surface area contributed by atoms with E-state index in [4.69, 9.17) is 4.74 Å². The van der Waals surface area contributed by atoms with E-state index in [1.807, 2.05) is 0 Å². The molecule has 2 nitrogen and oxygen atoms in total. The Bertz CT molecular complexity index is 317. The highest BCUT2D eigenvalue weighted by Gasteiger charge is 2.20. The first-order chi connectivity index (χ1) is 10.3. The molecule has 0 aromatic carbocycles. The van der Waals surface area contributed by atoms with Gasteiger partial charge in [-0.3, -0.25) is 0 Å². The Morgan fingerprint density at radius 3 is 1.68 bits per heavy atom. The molecule has 0 amide bonds. The van der Waals surface area contributed by atoms with Gasteiger partial charge >= 0.3 is 5.97 Å². The first-order valence-electron chi connectivity index (χ1n) is 8.22. The monoisotopic (exact) mass is 518 g/mol. The van der Waals surface area contributed by atoms with Crippen LogP contribution in [-0.2, 0) is 9.53 Å². The number of halogens is 3. The van der Waals surface area contributed by atoms with Gasteiger partial charge in [0.05, 0.1) is 6.61 Å². The molecule has 0 saturated carbocycles. The molecular weight excluding hydrogens is 492 g/mol. The van der Waals surface area contributed by atoms with Crippen LogP contribution in [0.3, 0.4) is 0 Å². The molecule has 6 heteroatoms. The summed E-state index contributed by atoms with van der Waals surface area (Å²) in [5.74, 6) is -0.264. The minimum atomic E-state index is -1.37.